The number of amides is 2. The summed E-state index contributed by atoms with van der Waals surface area (Å²) in [5, 5.41) is 3.74. The van der Waals surface area contributed by atoms with Crippen molar-refractivity contribution in [3.05, 3.63) is 101 Å². The molecule has 0 fully saturated rings. The highest BCUT2D eigenvalue weighted by Crippen LogP contribution is 2.23. The van der Waals surface area contributed by atoms with Crippen LogP contribution >= 0.6 is 23.4 Å². The summed E-state index contributed by atoms with van der Waals surface area (Å²) in [6.45, 7) is 5.98. The molecular weight excluding hydrogens is 507 g/mol. The first kappa shape index (κ1) is 28.7. The summed E-state index contributed by atoms with van der Waals surface area (Å²) >= 11 is 7.63. The lowest BCUT2D eigenvalue weighted by Gasteiger charge is -2.34. The van der Waals surface area contributed by atoms with E-state index in [4.69, 9.17) is 11.6 Å². The zero-order valence-corrected chi connectivity index (χ0v) is 23.1. The van der Waals surface area contributed by atoms with E-state index in [0.717, 1.165) is 21.8 Å². The minimum atomic E-state index is -0.705. The van der Waals surface area contributed by atoms with Gasteiger partial charge in [-0.05, 0) is 80.5 Å². The number of carbonyl (C=O) groups excluding carboxylic acids is 2. The van der Waals surface area contributed by atoms with E-state index in [2.05, 4.69) is 5.32 Å². The molecule has 7 heteroatoms. The van der Waals surface area contributed by atoms with Crippen LogP contribution < -0.4 is 5.32 Å². The van der Waals surface area contributed by atoms with Gasteiger partial charge in [-0.15, -0.1) is 11.8 Å². The van der Waals surface area contributed by atoms with Gasteiger partial charge >= 0.3 is 0 Å². The van der Waals surface area contributed by atoms with Crippen LogP contribution in [-0.2, 0) is 22.6 Å². The van der Waals surface area contributed by atoms with Crippen LogP contribution in [-0.4, -0.2) is 34.0 Å². The van der Waals surface area contributed by atoms with E-state index < -0.39 is 11.6 Å². The van der Waals surface area contributed by atoms with Crippen LogP contribution in [0.3, 0.4) is 0 Å². The molecule has 1 atom stereocenters. The Morgan fingerprint density at radius 3 is 2.22 bits per heavy atom. The number of hydrogen-bond donors (Lipinski definition) is 1. The van der Waals surface area contributed by atoms with Gasteiger partial charge in [-0.2, -0.15) is 0 Å². The van der Waals surface area contributed by atoms with Gasteiger partial charge in [0.25, 0.3) is 0 Å². The summed E-state index contributed by atoms with van der Waals surface area (Å²) in [6.07, 6.45) is 1.34. The molecule has 0 aliphatic heterocycles. The number of carbonyl (C=O) groups is 2. The molecule has 0 spiro atoms. The monoisotopic (exact) mass is 540 g/mol. The Morgan fingerprint density at radius 2 is 1.59 bits per heavy atom. The second kappa shape index (κ2) is 13.6. The average Bonchev–Trinajstić information content (AvgIpc) is 2.85. The van der Waals surface area contributed by atoms with Crippen molar-refractivity contribution in [2.75, 3.05) is 5.75 Å². The number of benzene rings is 3. The highest BCUT2D eigenvalue weighted by atomic mass is 35.5. The van der Waals surface area contributed by atoms with Gasteiger partial charge in [0.2, 0.25) is 11.8 Å². The van der Waals surface area contributed by atoms with Crippen molar-refractivity contribution < 1.29 is 14.0 Å². The van der Waals surface area contributed by atoms with E-state index in [9.17, 15) is 14.0 Å². The van der Waals surface area contributed by atoms with Crippen molar-refractivity contribution in [1.29, 1.82) is 0 Å². The second-order valence-electron chi connectivity index (χ2n) is 10.00. The molecule has 0 heterocycles. The van der Waals surface area contributed by atoms with E-state index in [-0.39, 0.29) is 24.2 Å². The average molecular weight is 541 g/mol. The standard InChI is InChI=1S/C30H34ClFN2O2S/c1-30(2,3)33-29(36)27(20-22-8-5-4-6-9-22)34(21-23-11-15-25(32)16-12-23)28(35)10-7-19-37-26-17-13-24(31)14-18-26/h4-6,8-9,11-18,27H,7,10,19-21H2,1-3H3,(H,33,36)/t27-/m1/s1. The predicted octanol–water partition coefficient (Wildman–Crippen LogP) is 6.91. The third kappa shape index (κ3) is 9.86. The lowest BCUT2D eigenvalue weighted by atomic mass is 10.00. The maximum Gasteiger partial charge on any atom is 0.243 e. The number of halogens is 2. The summed E-state index contributed by atoms with van der Waals surface area (Å²) < 4.78 is 13.6. The van der Waals surface area contributed by atoms with Gasteiger partial charge < -0.3 is 10.2 Å². The van der Waals surface area contributed by atoms with Crippen LogP contribution in [0.5, 0.6) is 0 Å². The van der Waals surface area contributed by atoms with Crippen molar-refractivity contribution in [2.24, 2.45) is 0 Å². The molecule has 3 aromatic carbocycles. The Hall–Kier alpha value is -2.83. The summed E-state index contributed by atoms with van der Waals surface area (Å²) in [5.74, 6) is 0.107. The fraction of sp³-hybridized carbons (Fsp3) is 0.333. The number of nitrogens with zero attached hydrogens (tertiary/aromatic N) is 1. The summed E-state index contributed by atoms with van der Waals surface area (Å²) in [5.41, 5.74) is 1.28. The molecule has 0 saturated carbocycles. The quantitative estimate of drug-likeness (QED) is 0.212. The molecule has 0 saturated heterocycles. The van der Waals surface area contributed by atoms with Gasteiger partial charge in [0.1, 0.15) is 11.9 Å². The third-order valence-electron chi connectivity index (χ3n) is 5.65. The van der Waals surface area contributed by atoms with E-state index >= 15 is 0 Å². The summed E-state index contributed by atoms with van der Waals surface area (Å²) in [7, 11) is 0. The molecule has 2 amide bonds. The first-order valence-electron chi connectivity index (χ1n) is 12.4. The molecule has 4 nitrogen and oxygen atoms in total. The normalized spacial score (nSPS) is 12.1. The Labute approximate surface area is 228 Å². The summed E-state index contributed by atoms with van der Waals surface area (Å²) in [4.78, 5) is 29.9. The zero-order chi connectivity index (χ0) is 26.8. The molecule has 1 N–H and O–H groups in total. The first-order chi connectivity index (χ1) is 17.6. The Kier molecular flexibility index (Phi) is 10.6. The van der Waals surface area contributed by atoms with Crippen LogP contribution in [0.15, 0.2) is 83.8 Å². The lowest BCUT2D eigenvalue weighted by Crippen LogP contribution is -2.54. The van der Waals surface area contributed by atoms with Crippen molar-refractivity contribution in [2.45, 2.75) is 63.1 Å². The van der Waals surface area contributed by atoms with Gasteiger partial charge in [-0.3, -0.25) is 9.59 Å². The smallest absolute Gasteiger partial charge is 0.243 e. The molecule has 3 rings (SSSR count). The van der Waals surface area contributed by atoms with Gasteiger partial charge in [0.05, 0.1) is 0 Å². The Bertz CT molecular complexity index is 1150. The molecular formula is C30H34ClFN2O2S. The van der Waals surface area contributed by atoms with Gasteiger partial charge in [0.15, 0.2) is 0 Å². The highest BCUT2D eigenvalue weighted by Gasteiger charge is 2.32. The topological polar surface area (TPSA) is 49.4 Å². The van der Waals surface area contributed by atoms with Crippen molar-refractivity contribution in [1.82, 2.24) is 10.2 Å². The van der Waals surface area contributed by atoms with Crippen LogP contribution in [0.4, 0.5) is 4.39 Å². The van der Waals surface area contributed by atoms with E-state index in [0.29, 0.717) is 24.3 Å². The molecule has 0 aliphatic carbocycles. The first-order valence-corrected chi connectivity index (χ1v) is 13.8. The van der Waals surface area contributed by atoms with Crippen molar-refractivity contribution >= 4 is 35.2 Å². The number of nitrogens with one attached hydrogen (secondary N) is 1. The van der Waals surface area contributed by atoms with E-state index in [1.807, 2.05) is 75.4 Å². The molecule has 37 heavy (non-hydrogen) atoms. The number of thioether (sulfide) groups is 1. The maximum atomic E-state index is 13.6. The minimum absolute atomic E-state index is 0.106. The Balaban J connectivity index is 1.80. The fourth-order valence-electron chi connectivity index (χ4n) is 3.88. The molecule has 0 aromatic heterocycles. The SMILES string of the molecule is CC(C)(C)NC(=O)[C@@H](Cc1ccccc1)N(Cc1ccc(F)cc1)C(=O)CCCSc1ccc(Cl)cc1. The van der Waals surface area contributed by atoms with Gasteiger partial charge in [-0.1, -0.05) is 54.1 Å². The third-order valence-corrected chi connectivity index (χ3v) is 7.00. The molecule has 0 radical (unpaired) electrons. The fourth-order valence-corrected chi connectivity index (χ4v) is 4.86. The number of hydrogen-bond acceptors (Lipinski definition) is 3. The Morgan fingerprint density at radius 1 is 0.946 bits per heavy atom. The molecule has 3 aromatic rings. The maximum absolute atomic E-state index is 13.6. The van der Waals surface area contributed by atoms with Crippen LogP contribution in [0.1, 0.15) is 44.7 Å². The van der Waals surface area contributed by atoms with Crippen LogP contribution in [0.25, 0.3) is 0 Å². The molecule has 0 aliphatic rings. The molecule has 0 unspecified atom stereocenters. The van der Waals surface area contributed by atoms with Crippen molar-refractivity contribution in [3.63, 3.8) is 0 Å². The summed E-state index contributed by atoms with van der Waals surface area (Å²) in [6, 6.07) is 22.7. The van der Waals surface area contributed by atoms with Gasteiger partial charge in [0, 0.05) is 34.8 Å². The largest absolute Gasteiger partial charge is 0.350 e. The minimum Gasteiger partial charge on any atom is -0.350 e. The van der Waals surface area contributed by atoms with Gasteiger partial charge in [-0.25, -0.2) is 4.39 Å². The van der Waals surface area contributed by atoms with Crippen LogP contribution in [0, 0.1) is 5.82 Å². The predicted molar refractivity (Wildman–Crippen MR) is 150 cm³/mol. The van der Waals surface area contributed by atoms with E-state index in [1.165, 1.54) is 12.1 Å². The van der Waals surface area contributed by atoms with Crippen LogP contribution in [0.2, 0.25) is 5.02 Å². The lowest BCUT2D eigenvalue weighted by molar-refractivity contribution is -0.142. The zero-order valence-electron chi connectivity index (χ0n) is 21.5. The van der Waals surface area contributed by atoms with Crippen molar-refractivity contribution in [3.8, 4) is 0 Å². The van der Waals surface area contributed by atoms with E-state index in [1.54, 1.807) is 28.8 Å². The highest BCUT2D eigenvalue weighted by molar-refractivity contribution is 7.99. The molecule has 196 valence electrons. The molecule has 0 bridgehead atoms. The second-order valence-corrected chi connectivity index (χ2v) is 11.6. The number of rotatable bonds is 11.